The molecule has 0 saturated carbocycles. The van der Waals surface area contributed by atoms with Gasteiger partial charge in [0, 0.05) is 29.7 Å². The lowest BCUT2D eigenvalue weighted by Gasteiger charge is -2.08. The summed E-state index contributed by atoms with van der Waals surface area (Å²) in [6.45, 7) is 0. The third-order valence-electron chi connectivity index (χ3n) is 3.92. The first kappa shape index (κ1) is 14.1. The van der Waals surface area contributed by atoms with E-state index in [1.807, 2.05) is 42.1 Å². The zero-order valence-electron chi connectivity index (χ0n) is 12.9. The second-order valence-electron chi connectivity index (χ2n) is 5.42. The lowest BCUT2D eigenvalue weighted by Crippen LogP contribution is -2.12. The maximum atomic E-state index is 12.5. The molecule has 0 radical (unpaired) electrons. The van der Waals surface area contributed by atoms with E-state index in [0.29, 0.717) is 5.56 Å². The van der Waals surface area contributed by atoms with Gasteiger partial charge in [-0.15, -0.1) is 5.10 Å². The zero-order valence-corrected chi connectivity index (χ0v) is 12.9. The first-order valence-corrected chi connectivity index (χ1v) is 7.41. The van der Waals surface area contributed by atoms with Crippen LogP contribution in [0.1, 0.15) is 10.4 Å². The molecule has 0 unspecified atom stereocenters. The maximum Gasteiger partial charge on any atom is 0.255 e. The normalized spacial score (nSPS) is 10.9. The molecule has 4 rings (SSSR count). The molecule has 118 valence electrons. The summed E-state index contributed by atoms with van der Waals surface area (Å²) in [5, 5.41) is 15.0. The van der Waals surface area contributed by atoms with Crippen LogP contribution in [0.3, 0.4) is 0 Å². The van der Waals surface area contributed by atoms with Crippen molar-refractivity contribution in [3.8, 4) is 5.69 Å². The Labute approximate surface area is 137 Å². The first-order chi connectivity index (χ1) is 11.7. The Balaban J connectivity index is 1.59. The van der Waals surface area contributed by atoms with Crippen molar-refractivity contribution in [2.45, 2.75) is 0 Å². The number of carbonyl (C=O) groups excluding carboxylic acids is 1. The number of aryl methyl sites for hydroxylation is 1. The summed E-state index contributed by atoms with van der Waals surface area (Å²) in [6.07, 6.45) is 3.48. The lowest BCUT2D eigenvalue weighted by molar-refractivity contribution is 0.102. The van der Waals surface area contributed by atoms with Gasteiger partial charge in [-0.25, -0.2) is 4.68 Å². The number of hydrogen-bond acceptors (Lipinski definition) is 4. The molecule has 0 aliphatic heterocycles. The van der Waals surface area contributed by atoms with Gasteiger partial charge in [0.2, 0.25) is 0 Å². The van der Waals surface area contributed by atoms with E-state index in [-0.39, 0.29) is 5.91 Å². The van der Waals surface area contributed by atoms with Crippen molar-refractivity contribution in [3.63, 3.8) is 0 Å². The topological polar surface area (TPSA) is 77.6 Å². The predicted octanol–water partition coefficient (Wildman–Crippen LogP) is 2.41. The second-order valence-corrected chi connectivity index (χ2v) is 5.42. The molecule has 7 nitrogen and oxygen atoms in total. The number of fused-ring (bicyclic) bond motifs is 1. The fourth-order valence-corrected chi connectivity index (χ4v) is 2.65. The van der Waals surface area contributed by atoms with Gasteiger partial charge in [-0.1, -0.05) is 6.07 Å². The highest BCUT2D eigenvalue weighted by molar-refractivity contribution is 6.08. The summed E-state index contributed by atoms with van der Waals surface area (Å²) in [5.41, 5.74) is 3.23. The molecule has 0 bridgehead atoms. The van der Waals surface area contributed by atoms with Gasteiger partial charge in [0.1, 0.15) is 6.33 Å². The van der Waals surface area contributed by atoms with Crippen LogP contribution < -0.4 is 5.32 Å². The molecular formula is C17H14N6O. The maximum absolute atomic E-state index is 12.5. The van der Waals surface area contributed by atoms with Crippen LogP contribution in [0.2, 0.25) is 0 Å². The molecule has 2 heterocycles. The van der Waals surface area contributed by atoms with Crippen molar-refractivity contribution >= 4 is 22.5 Å². The number of carbonyl (C=O) groups is 1. The standard InChI is InChI=1S/C17H14N6O/c1-22-10-9-14-15(3-2-4-16(14)22)19-17(24)12-5-7-13(8-6-12)23-11-18-20-21-23/h2-11H,1H3,(H,19,24). The SMILES string of the molecule is Cn1ccc2c(NC(=O)c3ccc(-n4cnnn4)cc3)cccc21. The average molecular weight is 318 g/mol. The lowest BCUT2D eigenvalue weighted by atomic mass is 10.1. The van der Waals surface area contributed by atoms with Crippen LogP contribution in [0.5, 0.6) is 0 Å². The first-order valence-electron chi connectivity index (χ1n) is 7.41. The van der Waals surface area contributed by atoms with Crippen LogP contribution in [-0.2, 0) is 7.05 Å². The number of nitrogens with one attached hydrogen (secondary N) is 1. The molecule has 0 aliphatic rings. The number of rotatable bonds is 3. The van der Waals surface area contributed by atoms with E-state index in [1.54, 1.807) is 24.3 Å². The van der Waals surface area contributed by atoms with E-state index in [1.165, 1.54) is 11.0 Å². The fraction of sp³-hybridized carbons (Fsp3) is 0.0588. The Hall–Kier alpha value is -3.48. The molecular weight excluding hydrogens is 304 g/mol. The van der Waals surface area contributed by atoms with E-state index in [9.17, 15) is 4.79 Å². The quantitative estimate of drug-likeness (QED) is 0.629. The number of nitrogens with zero attached hydrogens (tertiary/aromatic N) is 5. The van der Waals surface area contributed by atoms with Crippen LogP contribution >= 0.6 is 0 Å². The van der Waals surface area contributed by atoms with Crippen molar-refractivity contribution in [3.05, 3.63) is 66.6 Å². The van der Waals surface area contributed by atoms with E-state index < -0.39 is 0 Å². The van der Waals surface area contributed by atoms with Crippen molar-refractivity contribution in [1.82, 2.24) is 24.8 Å². The number of amides is 1. The number of aromatic nitrogens is 5. The van der Waals surface area contributed by atoms with Gasteiger partial charge in [-0.05, 0) is 52.9 Å². The largest absolute Gasteiger partial charge is 0.350 e. The van der Waals surface area contributed by atoms with Gasteiger partial charge < -0.3 is 9.88 Å². The molecule has 24 heavy (non-hydrogen) atoms. The van der Waals surface area contributed by atoms with Gasteiger partial charge in [-0.3, -0.25) is 4.79 Å². The molecule has 1 amide bonds. The molecule has 0 fully saturated rings. The fourth-order valence-electron chi connectivity index (χ4n) is 2.65. The molecule has 0 atom stereocenters. The minimum absolute atomic E-state index is 0.158. The Morgan fingerprint density at radius 2 is 1.92 bits per heavy atom. The minimum atomic E-state index is -0.158. The van der Waals surface area contributed by atoms with Gasteiger partial charge in [0.25, 0.3) is 5.91 Å². The van der Waals surface area contributed by atoms with Crippen LogP contribution in [0.4, 0.5) is 5.69 Å². The molecule has 2 aromatic carbocycles. The smallest absolute Gasteiger partial charge is 0.255 e. The number of tetrazole rings is 1. The third kappa shape index (κ3) is 2.41. The van der Waals surface area contributed by atoms with E-state index in [0.717, 1.165) is 22.3 Å². The van der Waals surface area contributed by atoms with Crippen molar-refractivity contribution in [2.24, 2.45) is 7.05 Å². The Bertz CT molecular complexity index is 1000. The Morgan fingerprint density at radius 1 is 1.08 bits per heavy atom. The zero-order chi connectivity index (χ0) is 16.5. The van der Waals surface area contributed by atoms with Gasteiger partial charge in [-0.2, -0.15) is 0 Å². The van der Waals surface area contributed by atoms with E-state index >= 15 is 0 Å². The summed E-state index contributed by atoms with van der Waals surface area (Å²) in [6, 6.07) is 14.9. The van der Waals surface area contributed by atoms with Crippen molar-refractivity contribution in [1.29, 1.82) is 0 Å². The van der Waals surface area contributed by atoms with Crippen LogP contribution in [0, 0.1) is 0 Å². The highest BCUT2D eigenvalue weighted by Crippen LogP contribution is 2.24. The summed E-state index contributed by atoms with van der Waals surface area (Å²) in [5.74, 6) is -0.158. The van der Waals surface area contributed by atoms with Crippen LogP contribution in [0.15, 0.2) is 61.1 Å². The molecule has 0 spiro atoms. The van der Waals surface area contributed by atoms with Crippen LogP contribution in [-0.4, -0.2) is 30.7 Å². The van der Waals surface area contributed by atoms with Crippen molar-refractivity contribution in [2.75, 3.05) is 5.32 Å². The summed E-state index contributed by atoms with van der Waals surface area (Å²) in [4.78, 5) is 12.5. The predicted molar refractivity (Wildman–Crippen MR) is 90.0 cm³/mol. The molecule has 2 aromatic heterocycles. The summed E-state index contributed by atoms with van der Waals surface area (Å²) >= 11 is 0. The highest BCUT2D eigenvalue weighted by atomic mass is 16.1. The molecule has 0 saturated heterocycles. The molecule has 4 aromatic rings. The minimum Gasteiger partial charge on any atom is -0.350 e. The summed E-state index contributed by atoms with van der Waals surface area (Å²) < 4.78 is 3.55. The second kappa shape index (κ2) is 5.62. The third-order valence-corrected chi connectivity index (χ3v) is 3.92. The Morgan fingerprint density at radius 3 is 2.67 bits per heavy atom. The average Bonchev–Trinajstić information content (AvgIpc) is 3.26. The number of benzene rings is 2. The van der Waals surface area contributed by atoms with Gasteiger partial charge in [0.05, 0.1) is 11.4 Å². The molecule has 0 aliphatic carbocycles. The van der Waals surface area contributed by atoms with E-state index in [4.69, 9.17) is 0 Å². The highest BCUT2D eigenvalue weighted by Gasteiger charge is 2.10. The van der Waals surface area contributed by atoms with Crippen LogP contribution in [0.25, 0.3) is 16.6 Å². The van der Waals surface area contributed by atoms with Gasteiger partial charge in [0.15, 0.2) is 0 Å². The molecule has 1 N–H and O–H groups in total. The van der Waals surface area contributed by atoms with Crippen molar-refractivity contribution < 1.29 is 4.79 Å². The monoisotopic (exact) mass is 318 g/mol. The number of anilines is 1. The Kier molecular flexibility index (Phi) is 3.31. The van der Waals surface area contributed by atoms with E-state index in [2.05, 4.69) is 20.8 Å². The number of hydrogen-bond donors (Lipinski definition) is 1. The summed E-state index contributed by atoms with van der Waals surface area (Å²) in [7, 11) is 1.98. The van der Waals surface area contributed by atoms with Gasteiger partial charge >= 0.3 is 0 Å². The molecule has 7 heteroatoms.